The summed E-state index contributed by atoms with van der Waals surface area (Å²) in [6.45, 7) is -0.197. The summed E-state index contributed by atoms with van der Waals surface area (Å²) in [6.07, 6.45) is 2.04. The number of nitrogens with two attached hydrogens (primary N) is 1. The number of amides is 2. The van der Waals surface area contributed by atoms with Crippen LogP contribution in [0.4, 0.5) is 0 Å². The number of piperidine rings is 1. The third-order valence-electron chi connectivity index (χ3n) is 4.34. The summed E-state index contributed by atoms with van der Waals surface area (Å²) in [6, 6.07) is 7.40. The Hall–Kier alpha value is -3.16. The molecule has 1 saturated heterocycles. The number of nitrogens with zero attached hydrogens (tertiary/aromatic N) is 1. The second kappa shape index (κ2) is 7.38. The zero-order valence-electron chi connectivity index (χ0n) is 14.0. The molecule has 1 fully saturated rings. The van der Waals surface area contributed by atoms with E-state index in [-0.39, 0.29) is 5.56 Å². The highest BCUT2D eigenvalue weighted by molar-refractivity contribution is 5.94. The van der Waals surface area contributed by atoms with Crippen LogP contribution in [0.1, 0.15) is 29.6 Å². The molecule has 0 saturated carbocycles. The zero-order chi connectivity index (χ0) is 18.7. The minimum atomic E-state index is -0.953. The standard InChI is InChI=1S/C18H18N2O6/c19-16(22)13-6-3-4-8-20(13)15(21)10-25-17(23)12-9-11-5-1-2-7-14(11)26-18(12)24/h1-2,5,7,9,13H,3-4,6,8,10H2,(H2,19,22)/t13-/m0/s1. The van der Waals surface area contributed by atoms with Crippen LogP contribution < -0.4 is 11.4 Å². The maximum atomic E-state index is 12.3. The number of benzene rings is 1. The highest BCUT2D eigenvalue weighted by Crippen LogP contribution is 2.17. The van der Waals surface area contributed by atoms with Crippen molar-refractivity contribution in [3.8, 4) is 0 Å². The van der Waals surface area contributed by atoms with Gasteiger partial charge < -0.3 is 19.8 Å². The van der Waals surface area contributed by atoms with Crippen LogP contribution in [-0.2, 0) is 14.3 Å². The van der Waals surface area contributed by atoms with Crippen molar-refractivity contribution in [2.75, 3.05) is 13.2 Å². The lowest BCUT2D eigenvalue weighted by Crippen LogP contribution is -2.51. The first kappa shape index (κ1) is 17.7. The maximum Gasteiger partial charge on any atom is 0.351 e. The molecule has 0 aliphatic carbocycles. The molecule has 2 heterocycles. The van der Waals surface area contributed by atoms with E-state index in [1.807, 2.05) is 0 Å². The number of carbonyl (C=O) groups excluding carboxylic acids is 3. The van der Waals surface area contributed by atoms with Gasteiger partial charge >= 0.3 is 11.6 Å². The molecule has 0 spiro atoms. The lowest BCUT2D eigenvalue weighted by atomic mass is 10.0. The molecule has 8 heteroatoms. The number of primary amides is 1. The number of ether oxygens (including phenoxy) is 1. The minimum absolute atomic E-state index is 0.290. The summed E-state index contributed by atoms with van der Waals surface area (Å²) in [4.78, 5) is 49.2. The van der Waals surface area contributed by atoms with Crippen molar-refractivity contribution in [1.29, 1.82) is 0 Å². The molecule has 2 aromatic rings. The van der Waals surface area contributed by atoms with E-state index < -0.39 is 36.1 Å². The summed E-state index contributed by atoms with van der Waals surface area (Å²) in [5.74, 6) is -2.06. The van der Waals surface area contributed by atoms with E-state index >= 15 is 0 Å². The van der Waals surface area contributed by atoms with Crippen molar-refractivity contribution in [1.82, 2.24) is 4.90 Å². The van der Waals surface area contributed by atoms with Crippen LogP contribution >= 0.6 is 0 Å². The fourth-order valence-corrected chi connectivity index (χ4v) is 3.02. The van der Waals surface area contributed by atoms with Crippen molar-refractivity contribution in [3.63, 3.8) is 0 Å². The predicted molar refractivity (Wildman–Crippen MR) is 91.3 cm³/mol. The minimum Gasteiger partial charge on any atom is -0.452 e. The first-order valence-electron chi connectivity index (χ1n) is 8.26. The molecule has 2 N–H and O–H groups in total. The van der Waals surface area contributed by atoms with Gasteiger partial charge in [-0.3, -0.25) is 9.59 Å². The second-order valence-electron chi connectivity index (χ2n) is 6.06. The fourth-order valence-electron chi connectivity index (χ4n) is 3.02. The van der Waals surface area contributed by atoms with Gasteiger partial charge in [0, 0.05) is 11.9 Å². The molecular formula is C18H18N2O6. The van der Waals surface area contributed by atoms with Crippen LogP contribution in [0, 0.1) is 0 Å². The summed E-state index contributed by atoms with van der Waals surface area (Å²) < 4.78 is 10.0. The Morgan fingerprint density at radius 1 is 1.23 bits per heavy atom. The number of likely N-dealkylation sites (tertiary alicyclic amines) is 1. The van der Waals surface area contributed by atoms with Crippen LogP contribution in [-0.4, -0.2) is 41.9 Å². The lowest BCUT2D eigenvalue weighted by Gasteiger charge is -2.33. The van der Waals surface area contributed by atoms with E-state index in [2.05, 4.69) is 0 Å². The van der Waals surface area contributed by atoms with E-state index in [1.165, 1.54) is 11.0 Å². The quantitative estimate of drug-likeness (QED) is 0.638. The first-order valence-corrected chi connectivity index (χ1v) is 8.26. The van der Waals surface area contributed by atoms with Gasteiger partial charge in [0.25, 0.3) is 5.91 Å². The summed E-state index contributed by atoms with van der Waals surface area (Å²) in [5.41, 5.74) is 4.54. The molecule has 0 radical (unpaired) electrons. The van der Waals surface area contributed by atoms with E-state index in [9.17, 15) is 19.2 Å². The van der Waals surface area contributed by atoms with Gasteiger partial charge in [-0.15, -0.1) is 0 Å². The van der Waals surface area contributed by atoms with Gasteiger partial charge in [0.05, 0.1) is 0 Å². The van der Waals surface area contributed by atoms with Crippen LogP contribution in [0.2, 0.25) is 0 Å². The Bertz CT molecular complexity index is 919. The predicted octanol–water partition coefficient (Wildman–Crippen LogP) is 0.816. The molecule has 8 nitrogen and oxygen atoms in total. The number of hydrogen-bond acceptors (Lipinski definition) is 6. The maximum absolute atomic E-state index is 12.3. The first-order chi connectivity index (χ1) is 12.5. The fraction of sp³-hybridized carbons (Fsp3) is 0.333. The van der Waals surface area contributed by atoms with Crippen molar-refractivity contribution >= 4 is 28.8 Å². The molecule has 1 aliphatic heterocycles. The van der Waals surface area contributed by atoms with E-state index in [1.54, 1.807) is 24.3 Å². The van der Waals surface area contributed by atoms with E-state index in [0.29, 0.717) is 23.9 Å². The average Bonchev–Trinajstić information content (AvgIpc) is 2.65. The number of carbonyl (C=O) groups is 3. The Labute approximate surface area is 148 Å². The largest absolute Gasteiger partial charge is 0.452 e. The SMILES string of the molecule is NC(=O)[C@@H]1CCCCN1C(=O)COC(=O)c1cc2ccccc2oc1=O. The monoisotopic (exact) mass is 358 g/mol. The summed E-state index contributed by atoms with van der Waals surface area (Å²) in [5, 5.41) is 0.565. The van der Waals surface area contributed by atoms with Gasteiger partial charge in [0.2, 0.25) is 5.91 Å². The van der Waals surface area contributed by atoms with Gasteiger partial charge in [0.15, 0.2) is 6.61 Å². The van der Waals surface area contributed by atoms with Gasteiger partial charge in [0.1, 0.15) is 17.2 Å². The van der Waals surface area contributed by atoms with Gasteiger partial charge in [-0.1, -0.05) is 18.2 Å². The number of hydrogen-bond donors (Lipinski definition) is 1. The topological polar surface area (TPSA) is 120 Å². The molecule has 1 aromatic carbocycles. The Balaban J connectivity index is 1.70. The molecule has 0 bridgehead atoms. The highest BCUT2D eigenvalue weighted by Gasteiger charge is 2.31. The second-order valence-corrected chi connectivity index (χ2v) is 6.06. The molecule has 0 unspecified atom stereocenters. The van der Waals surface area contributed by atoms with Crippen molar-refractivity contribution in [2.24, 2.45) is 5.73 Å². The molecule has 2 amide bonds. The van der Waals surface area contributed by atoms with E-state index in [0.717, 1.165) is 12.8 Å². The van der Waals surface area contributed by atoms with Crippen LogP contribution in [0.5, 0.6) is 0 Å². The molecule has 1 atom stereocenters. The molecule has 1 aliphatic rings. The molecule has 136 valence electrons. The normalized spacial score (nSPS) is 17.1. The zero-order valence-corrected chi connectivity index (χ0v) is 14.0. The van der Waals surface area contributed by atoms with Crippen molar-refractivity contribution < 1.29 is 23.5 Å². The third-order valence-corrected chi connectivity index (χ3v) is 4.34. The summed E-state index contributed by atoms with van der Waals surface area (Å²) >= 11 is 0. The average molecular weight is 358 g/mol. The number of fused-ring (bicyclic) bond motifs is 1. The van der Waals surface area contributed by atoms with Crippen LogP contribution in [0.25, 0.3) is 11.0 Å². The van der Waals surface area contributed by atoms with Gasteiger partial charge in [-0.2, -0.15) is 0 Å². The van der Waals surface area contributed by atoms with Crippen molar-refractivity contribution in [2.45, 2.75) is 25.3 Å². The van der Waals surface area contributed by atoms with Gasteiger partial charge in [-0.05, 0) is 31.4 Å². The van der Waals surface area contributed by atoms with Gasteiger partial charge in [-0.25, -0.2) is 9.59 Å². The smallest absolute Gasteiger partial charge is 0.351 e. The molecular weight excluding hydrogens is 340 g/mol. The Morgan fingerprint density at radius 2 is 2.00 bits per heavy atom. The number of rotatable bonds is 4. The molecule has 3 rings (SSSR count). The molecule has 26 heavy (non-hydrogen) atoms. The number of esters is 1. The van der Waals surface area contributed by atoms with Crippen LogP contribution in [0.15, 0.2) is 39.5 Å². The highest BCUT2D eigenvalue weighted by atomic mass is 16.5. The third kappa shape index (κ3) is 3.58. The van der Waals surface area contributed by atoms with Crippen molar-refractivity contribution in [3.05, 3.63) is 46.3 Å². The summed E-state index contributed by atoms with van der Waals surface area (Å²) in [7, 11) is 0. The molecule has 1 aromatic heterocycles. The number of para-hydroxylation sites is 1. The Morgan fingerprint density at radius 3 is 2.77 bits per heavy atom. The van der Waals surface area contributed by atoms with E-state index in [4.69, 9.17) is 14.9 Å². The van der Waals surface area contributed by atoms with Crippen LogP contribution in [0.3, 0.4) is 0 Å². The Kier molecular flexibility index (Phi) is 5.01. The lowest BCUT2D eigenvalue weighted by molar-refractivity contribution is -0.143.